The highest BCUT2D eigenvalue weighted by molar-refractivity contribution is 6.32. The summed E-state index contributed by atoms with van der Waals surface area (Å²) >= 11 is 5.67. The summed E-state index contributed by atoms with van der Waals surface area (Å²) in [4.78, 5) is 10.2. The Morgan fingerprint density at radius 3 is 2.81 bits per heavy atom. The number of aryl methyl sites for hydroxylation is 1. The summed E-state index contributed by atoms with van der Waals surface area (Å²) in [7, 11) is 1.77. The standard InChI is InChI=1S/C8H8ClN5O2/c1-12-4-6(2-10-12)5-13-8(14(15)16)7(9)3-11-13/h2-4H,5H2,1H3. The Bertz CT molecular complexity index is 532. The van der Waals surface area contributed by atoms with Gasteiger partial charge in [0.05, 0.1) is 12.4 Å². The van der Waals surface area contributed by atoms with Crippen LogP contribution in [0.4, 0.5) is 5.82 Å². The van der Waals surface area contributed by atoms with Gasteiger partial charge < -0.3 is 10.1 Å². The fourth-order valence-corrected chi connectivity index (χ4v) is 1.59. The van der Waals surface area contributed by atoms with Gasteiger partial charge in [-0.15, -0.1) is 4.68 Å². The normalized spacial score (nSPS) is 10.6. The van der Waals surface area contributed by atoms with Gasteiger partial charge in [-0.2, -0.15) is 5.10 Å². The van der Waals surface area contributed by atoms with Crippen LogP contribution in [0.3, 0.4) is 0 Å². The van der Waals surface area contributed by atoms with Gasteiger partial charge in [0.1, 0.15) is 6.54 Å². The van der Waals surface area contributed by atoms with Crippen molar-refractivity contribution < 1.29 is 4.92 Å². The average molecular weight is 242 g/mol. The zero-order chi connectivity index (χ0) is 11.7. The molecule has 0 N–H and O–H groups in total. The van der Waals surface area contributed by atoms with Gasteiger partial charge in [-0.3, -0.25) is 4.68 Å². The molecule has 0 saturated heterocycles. The molecular formula is C8H8ClN5O2. The van der Waals surface area contributed by atoms with E-state index in [1.54, 1.807) is 24.1 Å². The zero-order valence-corrected chi connectivity index (χ0v) is 9.13. The van der Waals surface area contributed by atoms with Gasteiger partial charge in [0.15, 0.2) is 5.02 Å². The van der Waals surface area contributed by atoms with Crippen LogP contribution in [0.5, 0.6) is 0 Å². The molecular weight excluding hydrogens is 234 g/mol. The van der Waals surface area contributed by atoms with Gasteiger partial charge >= 0.3 is 5.82 Å². The predicted octanol–water partition coefficient (Wildman–Crippen LogP) is 1.23. The molecule has 2 aromatic heterocycles. The molecule has 0 radical (unpaired) electrons. The molecule has 0 aliphatic carbocycles. The number of rotatable bonds is 3. The van der Waals surface area contributed by atoms with E-state index in [0.29, 0.717) is 0 Å². The maximum absolute atomic E-state index is 10.7. The van der Waals surface area contributed by atoms with Gasteiger partial charge in [-0.25, -0.2) is 0 Å². The number of nitro groups is 1. The van der Waals surface area contributed by atoms with E-state index in [9.17, 15) is 10.1 Å². The average Bonchev–Trinajstić information content (AvgIpc) is 2.74. The first-order chi connectivity index (χ1) is 7.58. The number of hydrogen-bond donors (Lipinski definition) is 0. The molecule has 2 aromatic rings. The Morgan fingerprint density at radius 1 is 1.50 bits per heavy atom. The highest BCUT2D eigenvalue weighted by atomic mass is 35.5. The molecule has 0 unspecified atom stereocenters. The molecule has 0 aliphatic heterocycles. The van der Waals surface area contributed by atoms with Crippen LogP contribution in [0.15, 0.2) is 18.6 Å². The second kappa shape index (κ2) is 3.93. The summed E-state index contributed by atoms with van der Waals surface area (Å²) in [6.07, 6.45) is 4.65. The maximum Gasteiger partial charge on any atom is 0.364 e. The molecule has 0 atom stereocenters. The number of hydrogen-bond acceptors (Lipinski definition) is 4. The van der Waals surface area contributed by atoms with Gasteiger partial charge in [-0.05, 0) is 4.92 Å². The van der Waals surface area contributed by atoms with Crippen molar-refractivity contribution in [3.8, 4) is 0 Å². The van der Waals surface area contributed by atoms with E-state index in [-0.39, 0.29) is 17.4 Å². The summed E-state index contributed by atoms with van der Waals surface area (Å²) in [6, 6.07) is 0. The lowest BCUT2D eigenvalue weighted by atomic mass is 10.4. The Hall–Kier alpha value is -1.89. The fraction of sp³-hybridized carbons (Fsp3) is 0.250. The first kappa shape index (κ1) is 10.6. The summed E-state index contributed by atoms with van der Waals surface area (Å²) in [6.45, 7) is 0.275. The van der Waals surface area contributed by atoms with Crippen molar-refractivity contribution in [2.75, 3.05) is 0 Å². The lowest BCUT2D eigenvalue weighted by molar-refractivity contribution is -0.392. The van der Waals surface area contributed by atoms with E-state index in [1.807, 2.05) is 0 Å². The lowest BCUT2D eigenvalue weighted by Crippen LogP contribution is -2.05. The van der Waals surface area contributed by atoms with Gasteiger partial charge in [0.2, 0.25) is 0 Å². The Kier molecular flexibility index (Phi) is 2.61. The Labute approximate surface area is 95.4 Å². The van der Waals surface area contributed by atoms with Crippen molar-refractivity contribution >= 4 is 17.4 Å². The number of nitrogens with zero attached hydrogens (tertiary/aromatic N) is 5. The van der Waals surface area contributed by atoms with Crippen molar-refractivity contribution in [3.63, 3.8) is 0 Å². The van der Waals surface area contributed by atoms with Crippen molar-refractivity contribution in [3.05, 3.63) is 39.3 Å². The van der Waals surface area contributed by atoms with Gasteiger partial charge in [0.25, 0.3) is 0 Å². The maximum atomic E-state index is 10.7. The van der Waals surface area contributed by atoms with E-state index in [0.717, 1.165) is 5.56 Å². The molecule has 0 saturated carbocycles. The third kappa shape index (κ3) is 1.89. The SMILES string of the molecule is Cn1cc(Cn2ncc(Cl)c2[N+](=O)[O-])cn1. The molecule has 7 nitrogen and oxygen atoms in total. The molecule has 0 bridgehead atoms. The molecule has 8 heteroatoms. The van der Waals surface area contributed by atoms with Crippen molar-refractivity contribution in [2.24, 2.45) is 7.05 Å². The van der Waals surface area contributed by atoms with Gasteiger partial charge in [-0.1, -0.05) is 16.7 Å². The highest BCUT2D eigenvalue weighted by Gasteiger charge is 2.20. The summed E-state index contributed by atoms with van der Waals surface area (Å²) in [5.41, 5.74) is 0.824. The minimum atomic E-state index is -0.550. The minimum Gasteiger partial charge on any atom is -0.358 e. The monoisotopic (exact) mass is 241 g/mol. The van der Waals surface area contributed by atoms with E-state index in [2.05, 4.69) is 10.2 Å². The summed E-state index contributed by atoms with van der Waals surface area (Å²) < 4.78 is 2.85. The molecule has 0 fully saturated rings. The molecule has 16 heavy (non-hydrogen) atoms. The first-order valence-corrected chi connectivity index (χ1v) is 4.79. The van der Waals surface area contributed by atoms with Crippen LogP contribution in [-0.2, 0) is 13.6 Å². The minimum absolute atomic E-state index is 0.0360. The van der Waals surface area contributed by atoms with Crippen LogP contribution in [0, 0.1) is 10.1 Å². The van der Waals surface area contributed by atoms with Crippen LogP contribution in [0.2, 0.25) is 5.02 Å². The third-order valence-electron chi connectivity index (χ3n) is 2.03. The number of halogens is 1. The molecule has 0 aromatic carbocycles. The lowest BCUT2D eigenvalue weighted by Gasteiger charge is -1.97. The molecule has 84 valence electrons. The Morgan fingerprint density at radius 2 is 2.25 bits per heavy atom. The largest absolute Gasteiger partial charge is 0.364 e. The highest BCUT2D eigenvalue weighted by Crippen LogP contribution is 2.23. The van der Waals surface area contributed by atoms with E-state index in [1.165, 1.54) is 10.9 Å². The van der Waals surface area contributed by atoms with Crippen LogP contribution >= 0.6 is 11.6 Å². The molecule has 2 heterocycles. The van der Waals surface area contributed by atoms with E-state index < -0.39 is 4.92 Å². The van der Waals surface area contributed by atoms with Crippen LogP contribution in [0.1, 0.15) is 5.56 Å². The predicted molar refractivity (Wildman–Crippen MR) is 56.2 cm³/mol. The summed E-state index contributed by atoms with van der Waals surface area (Å²) in [5.74, 6) is -0.203. The smallest absolute Gasteiger partial charge is 0.358 e. The molecule has 0 amide bonds. The third-order valence-corrected chi connectivity index (χ3v) is 2.30. The second-order valence-corrected chi connectivity index (χ2v) is 3.66. The first-order valence-electron chi connectivity index (χ1n) is 4.41. The number of aromatic nitrogens is 4. The molecule has 0 spiro atoms. The van der Waals surface area contributed by atoms with Crippen LogP contribution in [0.25, 0.3) is 0 Å². The summed E-state index contributed by atoms with van der Waals surface area (Å²) in [5, 5.41) is 18.6. The topological polar surface area (TPSA) is 78.8 Å². The Balaban J connectivity index is 2.31. The van der Waals surface area contributed by atoms with Crippen molar-refractivity contribution in [2.45, 2.75) is 6.54 Å². The quantitative estimate of drug-likeness (QED) is 0.598. The van der Waals surface area contributed by atoms with Crippen molar-refractivity contribution in [1.29, 1.82) is 0 Å². The van der Waals surface area contributed by atoms with Crippen LogP contribution < -0.4 is 0 Å². The second-order valence-electron chi connectivity index (χ2n) is 3.25. The zero-order valence-electron chi connectivity index (χ0n) is 8.37. The molecule has 0 aliphatic rings. The van der Waals surface area contributed by atoms with Gasteiger partial charge in [0, 0.05) is 18.8 Å². The van der Waals surface area contributed by atoms with Crippen LogP contribution in [-0.4, -0.2) is 24.5 Å². The fourth-order valence-electron chi connectivity index (χ4n) is 1.38. The van der Waals surface area contributed by atoms with Crippen molar-refractivity contribution in [1.82, 2.24) is 19.6 Å². The van der Waals surface area contributed by atoms with E-state index in [4.69, 9.17) is 11.6 Å². The van der Waals surface area contributed by atoms with E-state index >= 15 is 0 Å². The molecule has 2 rings (SSSR count).